The zero-order valence-electron chi connectivity index (χ0n) is 9.61. The van der Waals surface area contributed by atoms with Gasteiger partial charge in [-0.15, -0.1) is 0 Å². The van der Waals surface area contributed by atoms with Gasteiger partial charge in [-0.1, -0.05) is 12.2 Å². The van der Waals surface area contributed by atoms with Crippen molar-refractivity contribution in [3.8, 4) is 0 Å². The van der Waals surface area contributed by atoms with Crippen molar-refractivity contribution in [3.63, 3.8) is 0 Å². The molecule has 0 aromatic rings. The predicted molar refractivity (Wildman–Crippen MR) is 63.7 cm³/mol. The minimum atomic E-state index is -0.795. The molecule has 0 aliphatic heterocycles. The van der Waals surface area contributed by atoms with Crippen LogP contribution in [0.1, 0.15) is 13.8 Å². The van der Waals surface area contributed by atoms with E-state index >= 15 is 0 Å². The fourth-order valence-corrected chi connectivity index (χ4v) is 0.848. The minimum absolute atomic E-state index is 0.0205. The fraction of sp³-hybridized carbons (Fsp3) is 0.667. The lowest BCUT2D eigenvalue weighted by atomic mass is 10.1. The van der Waals surface area contributed by atoms with Crippen LogP contribution in [-0.2, 0) is 9.59 Å². The van der Waals surface area contributed by atoms with E-state index in [1.807, 2.05) is 0 Å². The Morgan fingerprint density at radius 1 is 1.50 bits per heavy atom. The molecule has 0 spiro atoms. The van der Waals surface area contributed by atoms with Crippen LogP contribution in [0.5, 0.6) is 0 Å². The number of aliphatic hydroxyl groups excluding tert-OH is 1. The maximum atomic E-state index is 11.6. The molecule has 0 aliphatic carbocycles. The van der Waals surface area contributed by atoms with Gasteiger partial charge in [0.05, 0.1) is 23.7 Å². The number of carbonyl (C=O) groups is 2. The van der Waals surface area contributed by atoms with Crippen molar-refractivity contribution < 1.29 is 14.7 Å². The molecule has 6 nitrogen and oxygen atoms in total. The molecule has 0 aromatic heterocycles. The first-order valence-electron chi connectivity index (χ1n) is 4.67. The lowest BCUT2D eigenvalue weighted by Gasteiger charge is -2.33. The Labute approximate surface area is 99.8 Å². The Bertz CT molecular complexity index is 304. The standard InChI is InChI=1S/C9H17N3O3S/c1-9(2,5-13)12(3)8(15)7(14)11-4-6(10)16/h13H,4-5H2,1-3H3,(H2,10,16)(H,11,14). The second-order valence-electron chi connectivity index (χ2n) is 3.98. The molecule has 0 aliphatic rings. The third kappa shape index (κ3) is 4.11. The van der Waals surface area contributed by atoms with Crippen molar-refractivity contribution in [2.24, 2.45) is 5.73 Å². The van der Waals surface area contributed by atoms with E-state index in [9.17, 15) is 9.59 Å². The maximum Gasteiger partial charge on any atom is 0.312 e. The second-order valence-corrected chi connectivity index (χ2v) is 4.51. The Morgan fingerprint density at radius 2 is 2.00 bits per heavy atom. The highest BCUT2D eigenvalue weighted by Crippen LogP contribution is 2.10. The van der Waals surface area contributed by atoms with E-state index in [4.69, 9.17) is 10.8 Å². The predicted octanol–water partition coefficient (Wildman–Crippen LogP) is -1.38. The van der Waals surface area contributed by atoms with E-state index in [-0.39, 0.29) is 18.1 Å². The van der Waals surface area contributed by atoms with Gasteiger partial charge in [-0.05, 0) is 13.8 Å². The SMILES string of the molecule is CN(C(=O)C(=O)NCC(N)=S)C(C)(C)CO. The molecule has 0 unspecified atom stereocenters. The molecule has 0 aromatic carbocycles. The van der Waals surface area contributed by atoms with Crippen LogP contribution in [-0.4, -0.2) is 52.5 Å². The minimum Gasteiger partial charge on any atom is -0.394 e. The third-order valence-corrected chi connectivity index (χ3v) is 2.36. The van der Waals surface area contributed by atoms with Crippen molar-refractivity contribution >= 4 is 29.0 Å². The molecular formula is C9H17N3O3S. The van der Waals surface area contributed by atoms with Gasteiger partial charge in [-0.3, -0.25) is 9.59 Å². The lowest BCUT2D eigenvalue weighted by Crippen LogP contribution is -2.53. The average molecular weight is 247 g/mol. The van der Waals surface area contributed by atoms with Crippen molar-refractivity contribution in [1.82, 2.24) is 10.2 Å². The van der Waals surface area contributed by atoms with Gasteiger partial charge in [0.15, 0.2) is 0 Å². The summed E-state index contributed by atoms with van der Waals surface area (Å²) in [6.45, 7) is 3.03. The Balaban J connectivity index is 4.44. The van der Waals surface area contributed by atoms with Crippen LogP contribution in [0.4, 0.5) is 0 Å². The maximum absolute atomic E-state index is 11.6. The van der Waals surface area contributed by atoms with Gasteiger partial charge in [0.2, 0.25) is 0 Å². The van der Waals surface area contributed by atoms with Crippen LogP contribution in [0.3, 0.4) is 0 Å². The largest absolute Gasteiger partial charge is 0.394 e. The summed E-state index contributed by atoms with van der Waals surface area (Å²) in [4.78, 5) is 24.2. The zero-order chi connectivity index (χ0) is 12.9. The molecule has 92 valence electrons. The molecule has 0 fully saturated rings. The van der Waals surface area contributed by atoms with E-state index in [0.717, 1.165) is 0 Å². The van der Waals surface area contributed by atoms with Crippen molar-refractivity contribution in [3.05, 3.63) is 0 Å². The first-order chi connectivity index (χ1) is 7.22. The molecule has 16 heavy (non-hydrogen) atoms. The molecule has 4 N–H and O–H groups in total. The van der Waals surface area contributed by atoms with Gasteiger partial charge in [0.25, 0.3) is 0 Å². The van der Waals surface area contributed by atoms with Crippen LogP contribution in [0.15, 0.2) is 0 Å². The van der Waals surface area contributed by atoms with Gasteiger partial charge in [-0.2, -0.15) is 0 Å². The number of hydrogen-bond donors (Lipinski definition) is 3. The molecule has 0 atom stereocenters. The summed E-state index contributed by atoms with van der Waals surface area (Å²) in [5, 5.41) is 11.3. The van der Waals surface area contributed by atoms with Crippen molar-refractivity contribution in [2.75, 3.05) is 20.2 Å². The van der Waals surface area contributed by atoms with E-state index in [1.54, 1.807) is 13.8 Å². The van der Waals surface area contributed by atoms with Crippen molar-refractivity contribution in [2.45, 2.75) is 19.4 Å². The summed E-state index contributed by atoms with van der Waals surface area (Å²) in [5.74, 6) is -1.54. The smallest absolute Gasteiger partial charge is 0.312 e. The van der Waals surface area contributed by atoms with Crippen LogP contribution >= 0.6 is 12.2 Å². The highest BCUT2D eigenvalue weighted by Gasteiger charge is 2.30. The Hall–Kier alpha value is -1.21. The number of amides is 2. The summed E-state index contributed by atoms with van der Waals surface area (Å²) in [6, 6.07) is 0. The highest BCUT2D eigenvalue weighted by molar-refractivity contribution is 7.80. The monoisotopic (exact) mass is 247 g/mol. The van der Waals surface area contributed by atoms with Crippen LogP contribution < -0.4 is 11.1 Å². The summed E-state index contributed by atoms with van der Waals surface area (Å²) in [6.07, 6.45) is 0. The summed E-state index contributed by atoms with van der Waals surface area (Å²) in [7, 11) is 1.44. The van der Waals surface area contributed by atoms with Gasteiger partial charge < -0.3 is 21.1 Å². The van der Waals surface area contributed by atoms with Crippen LogP contribution in [0, 0.1) is 0 Å². The van der Waals surface area contributed by atoms with Crippen molar-refractivity contribution in [1.29, 1.82) is 0 Å². The van der Waals surface area contributed by atoms with E-state index in [2.05, 4.69) is 17.5 Å². The summed E-state index contributed by atoms with van der Waals surface area (Å²) in [5.41, 5.74) is 4.39. The first kappa shape index (κ1) is 14.8. The molecule has 0 saturated carbocycles. The number of nitrogens with one attached hydrogen (secondary N) is 1. The average Bonchev–Trinajstić information content (AvgIpc) is 2.23. The molecule has 2 amide bonds. The first-order valence-corrected chi connectivity index (χ1v) is 5.08. The van der Waals surface area contributed by atoms with Gasteiger partial charge in [-0.25, -0.2) is 0 Å². The van der Waals surface area contributed by atoms with E-state index in [0.29, 0.717) is 0 Å². The molecule has 0 rings (SSSR count). The molecule has 0 heterocycles. The normalized spacial score (nSPS) is 10.8. The van der Waals surface area contributed by atoms with E-state index < -0.39 is 17.4 Å². The van der Waals surface area contributed by atoms with Gasteiger partial charge in [0, 0.05) is 7.05 Å². The van der Waals surface area contributed by atoms with Crippen LogP contribution in [0.25, 0.3) is 0 Å². The number of carbonyl (C=O) groups excluding carboxylic acids is 2. The topological polar surface area (TPSA) is 95.7 Å². The number of hydrogen-bond acceptors (Lipinski definition) is 4. The number of aliphatic hydroxyl groups is 1. The summed E-state index contributed by atoms with van der Waals surface area (Å²) < 4.78 is 0. The molecule has 0 radical (unpaired) electrons. The Kier molecular flexibility index (Phi) is 5.32. The molecular weight excluding hydrogens is 230 g/mol. The molecule has 0 bridgehead atoms. The number of nitrogens with two attached hydrogens (primary N) is 1. The number of rotatable bonds is 4. The zero-order valence-corrected chi connectivity index (χ0v) is 10.4. The molecule has 0 saturated heterocycles. The highest BCUT2D eigenvalue weighted by atomic mass is 32.1. The lowest BCUT2D eigenvalue weighted by molar-refractivity contribution is -0.148. The Morgan fingerprint density at radius 3 is 2.38 bits per heavy atom. The van der Waals surface area contributed by atoms with Gasteiger partial charge in [0.1, 0.15) is 0 Å². The quantitative estimate of drug-likeness (QED) is 0.420. The fourth-order valence-electron chi connectivity index (χ4n) is 0.776. The van der Waals surface area contributed by atoms with E-state index in [1.165, 1.54) is 11.9 Å². The number of thiocarbonyl (C=S) groups is 1. The number of nitrogens with zero attached hydrogens (tertiary/aromatic N) is 1. The van der Waals surface area contributed by atoms with Crippen LogP contribution in [0.2, 0.25) is 0 Å². The molecule has 7 heteroatoms. The third-order valence-electron chi connectivity index (χ3n) is 2.22. The second kappa shape index (κ2) is 5.76. The summed E-state index contributed by atoms with van der Waals surface area (Å²) >= 11 is 4.56. The van der Waals surface area contributed by atoms with Gasteiger partial charge >= 0.3 is 11.8 Å². The number of likely N-dealkylation sites (N-methyl/N-ethyl adjacent to an activating group) is 1.